The van der Waals surface area contributed by atoms with Gasteiger partial charge in [-0.2, -0.15) is 0 Å². The standard InChI is InChI=1S/C13H19NS/c1-8(2)7-15-13-10(4)6-9(3)11(5)12(13)14/h6-7H,14H2,1-5H3. The predicted octanol–water partition coefficient (Wildman–Crippen LogP) is 4.21. The third-order valence-electron chi connectivity index (χ3n) is 2.44. The second-order valence-corrected chi connectivity index (χ2v) is 5.07. The highest BCUT2D eigenvalue weighted by Gasteiger charge is 2.08. The SMILES string of the molecule is CC(C)=CSc1c(C)cc(C)c(C)c1N. The molecule has 15 heavy (non-hydrogen) atoms. The number of anilines is 1. The minimum absolute atomic E-state index is 0.926. The van der Waals surface area contributed by atoms with Crippen molar-refractivity contribution in [2.24, 2.45) is 0 Å². The second-order valence-electron chi connectivity index (χ2n) is 4.19. The largest absolute Gasteiger partial charge is 0.398 e. The van der Waals surface area contributed by atoms with Gasteiger partial charge in [-0.05, 0) is 56.7 Å². The van der Waals surface area contributed by atoms with Gasteiger partial charge in [-0.15, -0.1) is 0 Å². The van der Waals surface area contributed by atoms with Crippen LogP contribution in [0.25, 0.3) is 0 Å². The lowest BCUT2D eigenvalue weighted by atomic mass is 10.0. The van der Waals surface area contributed by atoms with Crippen LogP contribution in [0.2, 0.25) is 0 Å². The third-order valence-corrected chi connectivity index (χ3v) is 3.81. The topological polar surface area (TPSA) is 26.0 Å². The molecule has 0 radical (unpaired) electrons. The molecule has 0 bridgehead atoms. The van der Waals surface area contributed by atoms with E-state index in [4.69, 9.17) is 5.73 Å². The lowest BCUT2D eigenvalue weighted by Gasteiger charge is -2.12. The van der Waals surface area contributed by atoms with E-state index < -0.39 is 0 Å². The predicted molar refractivity (Wildman–Crippen MR) is 70.4 cm³/mol. The molecule has 0 atom stereocenters. The average Bonchev–Trinajstić information content (AvgIpc) is 2.14. The molecule has 0 aliphatic rings. The van der Waals surface area contributed by atoms with Crippen molar-refractivity contribution in [3.8, 4) is 0 Å². The Hall–Kier alpha value is -0.890. The number of allylic oxidation sites excluding steroid dienone is 1. The Morgan fingerprint density at radius 1 is 1.20 bits per heavy atom. The molecule has 82 valence electrons. The number of benzene rings is 1. The Labute approximate surface area is 96.8 Å². The van der Waals surface area contributed by atoms with Gasteiger partial charge in [0, 0.05) is 10.6 Å². The molecule has 0 unspecified atom stereocenters. The van der Waals surface area contributed by atoms with Gasteiger partial charge >= 0.3 is 0 Å². The highest BCUT2D eigenvalue weighted by Crippen LogP contribution is 2.34. The summed E-state index contributed by atoms with van der Waals surface area (Å²) in [5.74, 6) is 0. The number of rotatable bonds is 2. The Balaban J connectivity index is 3.18. The lowest BCUT2D eigenvalue weighted by Crippen LogP contribution is -1.97. The summed E-state index contributed by atoms with van der Waals surface area (Å²) in [6, 6.07) is 2.20. The first kappa shape index (κ1) is 12.2. The van der Waals surface area contributed by atoms with Crippen molar-refractivity contribution in [2.45, 2.75) is 39.5 Å². The average molecular weight is 221 g/mol. The number of thioether (sulfide) groups is 1. The van der Waals surface area contributed by atoms with E-state index in [0.29, 0.717) is 0 Å². The highest BCUT2D eigenvalue weighted by molar-refractivity contribution is 8.02. The first-order valence-corrected chi connectivity index (χ1v) is 5.97. The van der Waals surface area contributed by atoms with Crippen molar-refractivity contribution in [3.05, 3.63) is 33.7 Å². The summed E-state index contributed by atoms with van der Waals surface area (Å²) in [6.07, 6.45) is 0. The maximum absolute atomic E-state index is 6.12. The van der Waals surface area contributed by atoms with E-state index in [1.165, 1.54) is 27.2 Å². The summed E-state index contributed by atoms with van der Waals surface area (Å²) in [6.45, 7) is 10.5. The zero-order valence-electron chi connectivity index (χ0n) is 10.1. The first-order chi connectivity index (χ1) is 6.93. The molecule has 1 nitrogen and oxygen atoms in total. The van der Waals surface area contributed by atoms with Crippen LogP contribution in [0.15, 0.2) is 21.9 Å². The molecule has 1 rings (SSSR count). The zero-order chi connectivity index (χ0) is 11.6. The van der Waals surface area contributed by atoms with Gasteiger partial charge in [-0.1, -0.05) is 23.4 Å². The molecule has 0 saturated carbocycles. The highest BCUT2D eigenvalue weighted by atomic mass is 32.2. The van der Waals surface area contributed by atoms with Crippen molar-refractivity contribution < 1.29 is 0 Å². The lowest BCUT2D eigenvalue weighted by molar-refractivity contribution is 1.22. The van der Waals surface area contributed by atoms with E-state index in [1.807, 2.05) is 0 Å². The van der Waals surface area contributed by atoms with Crippen molar-refractivity contribution >= 4 is 17.4 Å². The van der Waals surface area contributed by atoms with Gasteiger partial charge in [0.1, 0.15) is 0 Å². The van der Waals surface area contributed by atoms with Crippen molar-refractivity contribution in [1.29, 1.82) is 0 Å². The molecule has 1 aromatic carbocycles. The van der Waals surface area contributed by atoms with Gasteiger partial charge in [0.15, 0.2) is 0 Å². The maximum Gasteiger partial charge on any atom is 0.0490 e. The van der Waals surface area contributed by atoms with Crippen LogP contribution in [0.5, 0.6) is 0 Å². The molecule has 0 aromatic heterocycles. The molecule has 0 aliphatic carbocycles. The van der Waals surface area contributed by atoms with Gasteiger partial charge in [0.25, 0.3) is 0 Å². The summed E-state index contributed by atoms with van der Waals surface area (Å²) in [5, 5.41) is 2.15. The van der Waals surface area contributed by atoms with E-state index in [9.17, 15) is 0 Å². The van der Waals surface area contributed by atoms with Gasteiger partial charge in [0.05, 0.1) is 0 Å². The van der Waals surface area contributed by atoms with E-state index >= 15 is 0 Å². The number of hydrogen-bond acceptors (Lipinski definition) is 2. The molecule has 0 heterocycles. The van der Waals surface area contributed by atoms with Crippen molar-refractivity contribution in [1.82, 2.24) is 0 Å². The number of hydrogen-bond donors (Lipinski definition) is 1. The minimum atomic E-state index is 0.926. The number of nitrogen functional groups attached to an aromatic ring is 1. The molecule has 0 saturated heterocycles. The normalized spacial score (nSPS) is 10.2. The fraction of sp³-hybridized carbons (Fsp3) is 0.385. The summed E-state index contributed by atoms with van der Waals surface area (Å²) >= 11 is 1.72. The van der Waals surface area contributed by atoms with Crippen LogP contribution in [-0.4, -0.2) is 0 Å². The fourth-order valence-corrected chi connectivity index (χ4v) is 2.31. The summed E-state index contributed by atoms with van der Waals surface area (Å²) < 4.78 is 0. The van der Waals surface area contributed by atoms with Crippen LogP contribution >= 0.6 is 11.8 Å². The van der Waals surface area contributed by atoms with Crippen LogP contribution in [-0.2, 0) is 0 Å². The first-order valence-electron chi connectivity index (χ1n) is 5.09. The van der Waals surface area contributed by atoms with Gasteiger partial charge < -0.3 is 5.73 Å². The smallest absolute Gasteiger partial charge is 0.0490 e. The molecule has 0 spiro atoms. The quantitative estimate of drug-likeness (QED) is 0.598. The Morgan fingerprint density at radius 3 is 2.33 bits per heavy atom. The molecule has 0 fully saturated rings. The zero-order valence-corrected chi connectivity index (χ0v) is 11.0. The third kappa shape index (κ3) is 2.78. The van der Waals surface area contributed by atoms with Crippen LogP contribution < -0.4 is 5.73 Å². The number of aryl methyl sites for hydroxylation is 2. The molecule has 0 amide bonds. The van der Waals surface area contributed by atoms with Gasteiger partial charge in [-0.25, -0.2) is 0 Å². The number of nitrogens with two attached hydrogens (primary N) is 1. The summed E-state index contributed by atoms with van der Waals surface area (Å²) in [7, 11) is 0. The van der Waals surface area contributed by atoms with Crippen LogP contribution in [0, 0.1) is 20.8 Å². The minimum Gasteiger partial charge on any atom is -0.398 e. The van der Waals surface area contributed by atoms with E-state index in [1.54, 1.807) is 11.8 Å². The molecule has 0 aliphatic heterocycles. The molecular formula is C13H19NS. The Kier molecular flexibility index (Phi) is 3.86. The van der Waals surface area contributed by atoms with Crippen LogP contribution in [0.1, 0.15) is 30.5 Å². The monoisotopic (exact) mass is 221 g/mol. The van der Waals surface area contributed by atoms with Crippen LogP contribution in [0.4, 0.5) is 5.69 Å². The molecule has 2 N–H and O–H groups in total. The van der Waals surface area contributed by atoms with Gasteiger partial charge in [0.2, 0.25) is 0 Å². The van der Waals surface area contributed by atoms with Gasteiger partial charge in [-0.3, -0.25) is 0 Å². The Morgan fingerprint density at radius 2 is 1.80 bits per heavy atom. The van der Waals surface area contributed by atoms with Crippen LogP contribution in [0.3, 0.4) is 0 Å². The fourth-order valence-electron chi connectivity index (χ4n) is 1.43. The van der Waals surface area contributed by atoms with Crippen molar-refractivity contribution in [2.75, 3.05) is 5.73 Å². The van der Waals surface area contributed by atoms with E-state index in [0.717, 1.165) is 5.69 Å². The molecular weight excluding hydrogens is 202 g/mol. The second kappa shape index (κ2) is 4.75. The van der Waals surface area contributed by atoms with E-state index in [2.05, 4.69) is 46.1 Å². The summed E-state index contributed by atoms with van der Waals surface area (Å²) in [5.41, 5.74) is 12.1. The van der Waals surface area contributed by atoms with Crippen molar-refractivity contribution in [3.63, 3.8) is 0 Å². The maximum atomic E-state index is 6.12. The summed E-state index contributed by atoms with van der Waals surface area (Å²) in [4.78, 5) is 1.19. The molecule has 1 aromatic rings. The van der Waals surface area contributed by atoms with E-state index in [-0.39, 0.29) is 0 Å². The molecule has 2 heteroatoms. The Bertz CT molecular complexity index is 401.